The first-order valence-corrected chi connectivity index (χ1v) is 13.4. The number of anilines is 1. The molecule has 4 rings (SSSR count). The summed E-state index contributed by atoms with van der Waals surface area (Å²) >= 11 is 1.01. The minimum atomic E-state index is -2.98. The van der Waals surface area contributed by atoms with Crippen molar-refractivity contribution >= 4 is 29.0 Å². The predicted molar refractivity (Wildman–Crippen MR) is 139 cm³/mol. The summed E-state index contributed by atoms with van der Waals surface area (Å²) in [5.74, 6) is -2.82. The van der Waals surface area contributed by atoms with Crippen LogP contribution in [-0.4, -0.2) is 68.0 Å². The van der Waals surface area contributed by atoms with Crippen LogP contribution in [0, 0.1) is 12.8 Å². The van der Waals surface area contributed by atoms with Gasteiger partial charge in [-0.15, -0.1) is 11.3 Å². The number of aromatic nitrogens is 2. The Morgan fingerprint density at radius 2 is 1.97 bits per heavy atom. The third-order valence-corrected chi connectivity index (χ3v) is 8.37. The standard InChI is InChI=1S/C26H35F2N5O3S/c1-13-9-19(30-15(3)17-7-8-17)29-11-18(13)21-20(24(35)33-12-26(27,28)10-14(33)2)32-23(37-21)22(34)31-16(4)25(5,6)36/h9,11,14-17,36H,7-8,10,12H2,1-6H3,(H,29,30)(H,31,34)/t14-,15-,16-/m0/s1. The summed E-state index contributed by atoms with van der Waals surface area (Å²) in [4.78, 5) is 36.9. The molecule has 37 heavy (non-hydrogen) atoms. The van der Waals surface area contributed by atoms with Crippen LogP contribution in [-0.2, 0) is 0 Å². The van der Waals surface area contributed by atoms with Crippen LogP contribution in [0.15, 0.2) is 12.3 Å². The Morgan fingerprint density at radius 1 is 1.30 bits per heavy atom. The number of aryl methyl sites for hydroxylation is 1. The molecule has 2 aliphatic rings. The number of aliphatic hydroxyl groups is 1. The molecule has 1 aliphatic heterocycles. The van der Waals surface area contributed by atoms with Gasteiger partial charge in [0.1, 0.15) is 11.5 Å². The van der Waals surface area contributed by atoms with Gasteiger partial charge in [-0.05, 0) is 71.9 Å². The van der Waals surface area contributed by atoms with E-state index in [1.807, 2.05) is 13.0 Å². The molecule has 2 aromatic rings. The topological polar surface area (TPSA) is 107 Å². The molecular weight excluding hydrogens is 500 g/mol. The molecule has 0 aromatic carbocycles. The first-order chi connectivity index (χ1) is 17.2. The number of amides is 2. The van der Waals surface area contributed by atoms with Crippen LogP contribution in [0.5, 0.6) is 0 Å². The molecule has 11 heteroatoms. The van der Waals surface area contributed by atoms with Gasteiger partial charge >= 0.3 is 0 Å². The van der Waals surface area contributed by atoms with Crippen molar-refractivity contribution in [2.24, 2.45) is 5.92 Å². The van der Waals surface area contributed by atoms with Crippen molar-refractivity contribution in [2.75, 3.05) is 11.9 Å². The van der Waals surface area contributed by atoms with E-state index in [1.54, 1.807) is 33.9 Å². The molecule has 0 radical (unpaired) electrons. The third-order valence-electron chi connectivity index (χ3n) is 7.28. The zero-order chi connectivity index (χ0) is 27.3. The fourth-order valence-corrected chi connectivity index (χ4v) is 5.45. The Balaban J connectivity index is 1.69. The minimum absolute atomic E-state index is 0.0111. The van der Waals surface area contributed by atoms with E-state index in [0.717, 1.165) is 21.8 Å². The number of carbonyl (C=O) groups excluding carboxylic acids is 2. The third kappa shape index (κ3) is 6.09. The molecule has 3 atom stereocenters. The van der Waals surface area contributed by atoms with Gasteiger partial charge < -0.3 is 20.6 Å². The number of likely N-dealkylation sites (tertiary alicyclic amines) is 1. The number of nitrogens with zero attached hydrogens (tertiary/aromatic N) is 3. The maximum absolute atomic E-state index is 14.1. The summed E-state index contributed by atoms with van der Waals surface area (Å²) in [6.45, 7) is 9.69. The second kappa shape index (κ2) is 9.90. The van der Waals surface area contributed by atoms with Crippen LogP contribution in [0.1, 0.15) is 79.7 Å². The summed E-state index contributed by atoms with van der Waals surface area (Å²) in [6, 6.07) is 0.917. The fourth-order valence-electron chi connectivity index (χ4n) is 4.42. The normalized spacial score (nSPS) is 21.0. The van der Waals surface area contributed by atoms with E-state index in [0.29, 0.717) is 28.2 Å². The molecule has 1 saturated heterocycles. The first kappa shape index (κ1) is 27.4. The lowest BCUT2D eigenvalue weighted by Gasteiger charge is -2.26. The Kier molecular flexibility index (Phi) is 7.33. The summed E-state index contributed by atoms with van der Waals surface area (Å²) in [7, 11) is 0. The Hall–Kier alpha value is -2.66. The SMILES string of the molecule is Cc1cc(N[C@@H](C)C2CC2)ncc1-c1sc(C(=O)N[C@@H](C)C(C)(C)O)nc1C(=O)N1CC(F)(F)C[C@@H]1C. The number of halogens is 2. The molecule has 3 N–H and O–H groups in total. The number of rotatable bonds is 8. The van der Waals surface area contributed by atoms with Gasteiger partial charge in [-0.25, -0.2) is 18.7 Å². The van der Waals surface area contributed by atoms with Crippen molar-refractivity contribution in [3.63, 3.8) is 0 Å². The second-order valence-corrected chi connectivity index (χ2v) is 12.0. The van der Waals surface area contributed by atoms with Gasteiger partial charge in [0.2, 0.25) is 0 Å². The number of pyridine rings is 1. The molecule has 3 heterocycles. The number of carbonyl (C=O) groups is 2. The molecular formula is C26H35F2N5O3S. The van der Waals surface area contributed by atoms with E-state index >= 15 is 0 Å². The van der Waals surface area contributed by atoms with Crippen molar-refractivity contribution in [2.45, 2.75) is 90.5 Å². The summed E-state index contributed by atoms with van der Waals surface area (Å²) in [6.07, 6.45) is 3.60. The molecule has 1 saturated carbocycles. The molecule has 2 amide bonds. The Morgan fingerprint density at radius 3 is 2.51 bits per heavy atom. The fraction of sp³-hybridized carbons (Fsp3) is 0.615. The summed E-state index contributed by atoms with van der Waals surface area (Å²) < 4.78 is 28.2. The van der Waals surface area contributed by atoms with Gasteiger partial charge in [0.05, 0.1) is 23.1 Å². The molecule has 2 aromatic heterocycles. The van der Waals surface area contributed by atoms with Crippen LogP contribution in [0.3, 0.4) is 0 Å². The van der Waals surface area contributed by atoms with Crippen LogP contribution in [0.2, 0.25) is 0 Å². The van der Waals surface area contributed by atoms with Crippen LogP contribution in [0.25, 0.3) is 10.4 Å². The zero-order valence-corrected chi connectivity index (χ0v) is 22.9. The predicted octanol–water partition coefficient (Wildman–Crippen LogP) is 4.48. The minimum Gasteiger partial charge on any atom is -0.388 e. The average Bonchev–Trinajstić information content (AvgIpc) is 3.48. The van der Waals surface area contributed by atoms with Crippen molar-refractivity contribution < 1.29 is 23.5 Å². The van der Waals surface area contributed by atoms with Gasteiger partial charge in [0, 0.05) is 30.3 Å². The monoisotopic (exact) mass is 535 g/mol. The van der Waals surface area contributed by atoms with Gasteiger partial charge in [-0.1, -0.05) is 0 Å². The highest BCUT2D eigenvalue weighted by atomic mass is 32.1. The van der Waals surface area contributed by atoms with Crippen LogP contribution < -0.4 is 10.6 Å². The lowest BCUT2D eigenvalue weighted by atomic mass is 10.0. The zero-order valence-electron chi connectivity index (χ0n) is 22.1. The van der Waals surface area contributed by atoms with Crippen LogP contribution >= 0.6 is 11.3 Å². The largest absolute Gasteiger partial charge is 0.388 e. The lowest BCUT2D eigenvalue weighted by molar-refractivity contribution is 0.0118. The smallest absolute Gasteiger partial charge is 0.280 e. The quantitative estimate of drug-likeness (QED) is 0.460. The highest BCUT2D eigenvalue weighted by Gasteiger charge is 2.46. The maximum atomic E-state index is 14.1. The van der Waals surface area contributed by atoms with E-state index in [-0.39, 0.29) is 10.7 Å². The van der Waals surface area contributed by atoms with E-state index in [9.17, 15) is 23.5 Å². The molecule has 0 spiro atoms. The van der Waals surface area contributed by atoms with Gasteiger partial charge in [-0.2, -0.15) is 0 Å². The molecule has 2 fully saturated rings. The van der Waals surface area contributed by atoms with Gasteiger partial charge in [-0.3, -0.25) is 9.59 Å². The van der Waals surface area contributed by atoms with E-state index in [2.05, 4.69) is 27.5 Å². The number of hydrogen-bond donors (Lipinski definition) is 3. The number of hydrogen-bond acceptors (Lipinski definition) is 7. The van der Waals surface area contributed by atoms with Crippen molar-refractivity contribution in [1.29, 1.82) is 0 Å². The Bertz CT molecular complexity index is 1190. The average molecular weight is 536 g/mol. The number of nitrogens with one attached hydrogen (secondary N) is 2. The summed E-state index contributed by atoms with van der Waals surface area (Å²) in [5, 5.41) is 16.3. The van der Waals surface area contributed by atoms with Crippen LogP contribution in [0.4, 0.5) is 14.6 Å². The highest BCUT2D eigenvalue weighted by molar-refractivity contribution is 7.17. The first-order valence-electron chi connectivity index (χ1n) is 12.6. The molecule has 0 unspecified atom stereocenters. The van der Waals surface area contributed by atoms with E-state index in [4.69, 9.17) is 0 Å². The number of thiazole rings is 1. The summed E-state index contributed by atoms with van der Waals surface area (Å²) in [5.41, 5.74) is 0.201. The lowest BCUT2D eigenvalue weighted by Crippen LogP contribution is -2.47. The van der Waals surface area contributed by atoms with Crippen molar-refractivity contribution in [3.8, 4) is 10.4 Å². The molecule has 8 nitrogen and oxygen atoms in total. The second-order valence-electron chi connectivity index (χ2n) is 11.0. The number of alkyl halides is 2. The highest BCUT2D eigenvalue weighted by Crippen LogP contribution is 2.38. The Labute approximate surface area is 219 Å². The maximum Gasteiger partial charge on any atom is 0.280 e. The molecule has 202 valence electrons. The molecule has 0 bridgehead atoms. The van der Waals surface area contributed by atoms with Crippen molar-refractivity contribution in [1.82, 2.24) is 20.2 Å². The van der Waals surface area contributed by atoms with E-state index in [1.165, 1.54) is 12.8 Å². The van der Waals surface area contributed by atoms with Gasteiger partial charge in [0.15, 0.2) is 5.01 Å². The van der Waals surface area contributed by atoms with Crippen molar-refractivity contribution in [3.05, 3.63) is 28.5 Å². The van der Waals surface area contributed by atoms with E-state index < -0.39 is 48.4 Å². The molecule has 1 aliphatic carbocycles. The van der Waals surface area contributed by atoms with Gasteiger partial charge in [0.25, 0.3) is 17.7 Å².